The average molecular weight is 317 g/mol. The lowest BCUT2D eigenvalue weighted by Gasteiger charge is -2.61. The molecule has 7 atom stereocenters. The van der Waals surface area contributed by atoms with E-state index >= 15 is 0 Å². The molecule has 0 aromatic rings. The van der Waals surface area contributed by atoms with Gasteiger partial charge in [0.2, 0.25) is 0 Å². The molecule has 4 aliphatic rings. The molecule has 0 aromatic carbocycles. The zero-order valence-corrected chi connectivity index (χ0v) is 15.9. The third-order valence-corrected chi connectivity index (χ3v) is 9.40. The van der Waals surface area contributed by atoms with E-state index in [1.54, 1.807) is 5.57 Å². The first kappa shape index (κ1) is 16.2. The molecule has 0 aromatic heterocycles. The third-order valence-electron chi connectivity index (χ3n) is 9.40. The fourth-order valence-corrected chi connectivity index (χ4v) is 7.65. The van der Waals surface area contributed by atoms with E-state index in [0.29, 0.717) is 10.8 Å². The number of allylic oxidation sites excluding steroid dienone is 1. The van der Waals surface area contributed by atoms with Crippen LogP contribution in [0, 0.1) is 39.9 Å². The minimum absolute atomic E-state index is 0.0261. The second kappa shape index (κ2) is 4.87. The summed E-state index contributed by atoms with van der Waals surface area (Å²) in [7, 11) is 0. The number of fused-ring (bicyclic) bond motifs is 5. The molecule has 4 unspecified atom stereocenters. The lowest BCUT2D eigenvalue weighted by molar-refractivity contribution is -0.0721. The van der Waals surface area contributed by atoms with Crippen LogP contribution in [0.15, 0.2) is 11.6 Å². The zero-order valence-electron chi connectivity index (χ0n) is 15.9. The minimum Gasteiger partial charge on any atom is -0.392 e. The van der Waals surface area contributed by atoms with Crippen LogP contribution in [0.4, 0.5) is 0 Å². The van der Waals surface area contributed by atoms with Crippen molar-refractivity contribution in [3.63, 3.8) is 0 Å². The Kier molecular flexibility index (Phi) is 3.43. The van der Waals surface area contributed by atoms with E-state index < -0.39 is 0 Å². The summed E-state index contributed by atoms with van der Waals surface area (Å²) in [5, 5.41) is 10.6. The Labute approximate surface area is 142 Å². The molecule has 3 fully saturated rings. The predicted octanol–water partition coefficient (Wildman–Crippen LogP) is 5.58. The first-order chi connectivity index (χ1) is 10.7. The second-order valence-corrected chi connectivity index (χ2v) is 10.4. The summed E-state index contributed by atoms with van der Waals surface area (Å²) in [4.78, 5) is 0. The molecule has 130 valence electrons. The monoisotopic (exact) mass is 316 g/mol. The van der Waals surface area contributed by atoms with E-state index in [0.717, 1.165) is 30.1 Å². The van der Waals surface area contributed by atoms with Crippen LogP contribution in [0.25, 0.3) is 0 Å². The van der Waals surface area contributed by atoms with Crippen LogP contribution in [0.1, 0.15) is 79.6 Å². The topological polar surface area (TPSA) is 20.2 Å². The van der Waals surface area contributed by atoms with E-state index in [1.807, 2.05) is 0 Å². The highest BCUT2D eigenvalue weighted by Gasteiger charge is 2.59. The average Bonchev–Trinajstić information content (AvgIpc) is 2.79. The summed E-state index contributed by atoms with van der Waals surface area (Å²) < 4.78 is 0. The van der Waals surface area contributed by atoms with Gasteiger partial charge in [-0.25, -0.2) is 0 Å². The van der Waals surface area contributed by atoms with Crippen molar-refractivity contribution in [3.8, 4) is 0 Å². The van der Waals surface area contributed by atoms with E-state index in [4.69, 9.17) is 0 Å². The Morgan fingerprint density at radius 2 is 1.70 bits per heavy atom. The second-order valence-electron chi connectivity index (χ2n) is 10.4. The van der Waals surface area contributed by atoms with E-state index in [9.17, 15) is 5.11 Å². The lowest BCUT2D eigenvalue weighted by Crippen LogP contribution is -2.54. The molecule has 0 heterocycles. The van der Waals surface area contributed by atoms with Gasteiger partial charge in [0, 0.05) is 5.41 Å². The maximum atomic E-state index is 10.6. The van der Waals surface area contributed by atoms with Crippen molar-refractivity contribution in [2.24, 2.45) is 39.9 Å². The van der Waals surface area contributed by atoms with Crippen molar-refractivity contribution < 1.29 is 5.11 Å². The number of aliphatic hydroxyl groups is 1. The van der Waals surface area contributed by atoms with Gasteiger partial charge in [0.15, 0.2) is 0 Å². The highest BCUT2D eigenvalue weighted by molar-refractivity contribution is 5.31. The molecule has 0 bridgehead atoms. The van der Waals surface area contributed by atoms with Crippen LogP contribution in [-0.4, -0.2) is 11.2 Å². The van der Waals surface area contributed by atoms with E-state index in [2.05, 4.69) is 40.7 Å². The molecule has 0 radical (unpaired) electrons. The Hall–Kier alpha value is -0.300. The molecule has 1 N–H and O–H groups in total. The van der Waals surface area contributed by atoms with Gasteiger partial charge in [0.05, 0.1) is 6.10 Å². The fourth-order valence-electron chi connectivity index (χ4n) is 7.65. The molecule has 3 saturated carbocycles. The van der Waals surface area contributed by atoms with Crippen LogP contribution in [0.5, 0.6) is 0 Å². The standard InChI is InChI=1S/C22H36O/c1-14-6-8-16-15-7-9-18-20(2,3)19(23)11-13-22(18,5)17(15)10-12-21(14,16)4/h9,14-17,19,23H,6-8,10-13H2,1-5H3/t14?,15?,16?,17?,19-,21+,22+/m0/s1. The molecule has 23 heavy (non-hydrogen) atoms. The molecule has 0 amide bonds. The summed E-state index contributed by atoms with van der Waals surface area (Å²) in [6, 6.07) is 0. The Bertz CT molecular complexity index is 532. The first-order valence-electron chi connectivity index (χ1n) is 10.1. The highest BCUT2D eigenvalue weighted by Crippen LogP contribution is 2.67. The first-order valence-corrected chi connectivity index (χ1v) is 10.1. The predicted molar refractivity (Wildman–Crippen MR) is 96.0 cm³/mol. The molecule has 1 heteroatoms. The summed E-state index contributed by atoms with van der Waals surface area (Å²) in [5.74, 6) is 3.62. The Balaban J connectivity index is 1.73. The smallest absolute Gasteiger partial charge is 0.0628 e. The van der Waals surface area contributed by atoms with Gasteiger partial charge >= 0.3 is 0 Å². The van der Waals surface area contributed by atoms with Crippen molar-refractivity contribution in [3.05, 3.63) is 11.6 Å². The maximum absolute atomic E-state index is 10.6. The van der Waals surface area contributed by atoms with Gasteiger partial charge in [-0.15, -0.1) is 0 Å². The SMILES string of the molecule is CC1CCC2C3CC=C4C(C)(C)[C@@H](O)CC[C@]4(C)C3CC[C@]12C. The van der Waals surface area contributed by atoms with Crippen molar-refractivity contribution in [2.45, 2.75) is 85.7 Å². The lowest BCUT2D eigenvalue weighted by atomic mass is 9.44. The molecule has 4 rings (SSSR count). The van der Waals surface area contributed by atoms with Gasteiger partial charge in [-0.05, 0) is 79.4 Å². The number of aliphatic hydroxyl groups excluding tert-OH is 1. The largest absolute Gasteiger partial charge is 0.392 e. The molecule has 0 aliphatic heterocycles. The molecule has 0 saturated heterocycles. The van der Waals surface area contributed by atoms with Gasteiger partial charge in [0.25, 0.3) is 0 Å². The van der Waals surface area contributed by atoms with Crippen LogP contribution < -0.4 is 0 Å². The van der Waals surface area contributed by atoms with Crippen molar-refractivity contribution >= 4 is 0 Å². The Morgan fingerprint density at radius 1 is 0.957 bits per heavy atom. The van der Waals surface area contributed by atoms with E-state index in [-0.39, 0.29) is 11.5 Å². The molecular weight excluding hydrogens is 280 g/mol. The van der Waals surface area contributed by atoms with Gasteiger partial charge in [-0.1, -0.05) is 46.3 Å². The highest BCUT2D eigenvalue weighted by atomic mass is 16.3. The van der Waals surface area contributed by atoms with Crippen molar-refractivity contribution in [2.75, 3.05) is 0 Å². The van der Waals surface area contributed by atoms with E-state index in [1.165, 1.54) is 38.5 Å². The molecule has 4 aliphatic carbocycles. The van der Waals surface area contributed by atoms with Gasteiger partial charge in [-0.2, -0.15) is 0 Å². The molecule has 1 nitrogen and oxygen atoms in total. The van der Waals surface area contributed by atoms with Crippen LogP contribution >= 0.6 is 0 Å². The van der Waals surface area contributed by atoms with Crippen molar-refractivity contribution in [1.82, 2.24) is 0 Å². The maximum Gasteiger partial charge on any atom is 0.0628 e. The quantitative estimate of drug-likeness (QED) is 0.578. The van der Waals surface area contributed by atoms with Gasteiger partial charge < -0.3 is 5.11 Å². The minimum atomic E-state index is -0.154. The third kappa shape index (κ3) is 1.95. The van der Waals surface area contributed by atoms with Crippen LogP contribution in [-0.2, 0) is 0 Å². The van der Waals surface area contributed by atoms with Crippen LogP contribution in [0.3, 0.4) is 0 Å². The molecular formula is C22H36O. The number of hydrogen-bond acceptors (Lipinski definition) is 1. The van der Waals surface area contributed by atoms with Crippen LogP contribution in [0.2, 0.25) is 0 Å². The summed E-state index contributed by atoms with van der Waals surface area (Å²) in [6.45, 7) is 12.2. The summed E-state index contributed by atoms with van der Waals surface area (Å²) in [5.41, 5.74) is 2.52. The summed E-state index contributed by atoms with van der Waals surface area (Å²) in [6.07, 6.45) is 11.7. The zero-order chi connectivity index (χ0) is 16.6. The summed E-state index contributed by atoms with van der Waals surface area (Å²) >= 11 is 0. The number of hydrogen-bond donors (Lipinski definition) is 1. The van der Waals surface area contributed by atoms with Gasteiger partial charge in [0.1, 0.15) is 0 Å². The molecule has 0 spiro atoms. The fraction of sp³-hybridized carbons (Fsp3) is 0.909. The van der Waals surface area contributed by atoms with Gasteiger partial charge in [-0.3, -0.25) is 0 Å². The normalized spacial score (nSPS) is 54.7. The van der Waals surface area contributed by atoms with Crippen molar-refractivity contribution in [1.29, 1.82) is 0 Å². The number of rotatable bonds is 0. The Morgan fingerprint density at radius 3 is 2.43 bits per heavy atom.